The molecule has 8 heteroatoms. The third kappa shape index (κ3) is 5.31. The quantitative estimate of drug-likeness (QED) is 0.324. The van der Waals surface area contributed by atoms with Crippen LogP contribution in [0.25, 0.3) is 5.57 Å². The average molecular weight is 531 g/mol. The van der Waals surface area contributed by atoms with E-state index in [1.54, 1.807) is 23.5 Å². The summed E-state index contributed by atoms with van der Waals surface area (Å²) in [7, 11) is 0. The van der Waals surface area contributed by atoms with E-state index < -0.39 is 17.8 Å². The molecule has 0 bridgehead atoms. The predicted octanol–water partition coefficient (Wildman–Crippen LogP) is 6.15. The molecule has 3 aromatic carbocycles. The SMILES string of the molecule is CSC(SCCC(=O)ON1C(=O)CCC1=O)=C1c2ccccc2N(Cc2ccccc2)c2ccccc21. The number of fused-ring (bicyclic) bond motifs is 2. The minimum Gasteiger partial charge on any atom is -0.336 e. The van der Waals surface area contributed by atoms with Crippen molar-refractivity contribution in [3.63, 3.8) is 0 Å². The maximum atomic E-state index is 12.3. The van der Waals surface area contributed by atoms with Crippen LogP contribution in [0.3, 0.4) is 0 Å². The number of hydrogen-bond donors (Lipinski definition) is 0. The second-order valence-electron chi connectivity index (χ2n) is 8.62. The lowest BCUT2D eigenvalue weighted by Gasteiger charge is -2.35. The summed E-state index contributed by atoms with van der Waals surface area (Å²) in [5.74, 6) is -1.05. The van der Waals surface area contributed by atoms with E-state index in [0.29, 0.717) is 10.8 Å². The summed E-state index contributed by atoms with van der Waals surface area (Å²) in [5.41, 5.74) is 6.93. The molecule has 5 rings (SSSR count). The highest BCUT2D eigenvalue weighted by molar-refractivity contribution is 8.22. The highest BCUT2D eigenvalue weighted by Crippen LogP contribution is 2.50. The summed E-state index contributed by atoms with van der Waals surface area (Å²) < 4.78 is 1.10. The van der Waals surface area contributed by atoms with Gasteiger partial charge < -0.3 is 9.74 Å². The second-order valence-corrected chi connectivity index (χ2v) is 10.8. The lowest BCUT2D eigenvalue weighted by atomic mass is 9.91. The largest absolute Gasteiger partial charge is 0.336 e. The first-order valence-corrected chi connectivity index (χ1v) is 14.3. The van der Waals surface area contributed by atoms with E-state index in [9.17, 15) is 14.4 Å². The van der Waals surface area contributed by atoms with Gasteiger partial charge in [-0.05, 0) is 24.0 Å². The average Bonchev–Trinajstić information content (AvgIpc) is 3.24. The molecule has 0 radical (unpaired) electrons. The summed E-state index contributed by atoms with van der Waals surface area (Å²) in [5, 5.41) is 0.607. The smallest absolute Gasteiger partial charge is 0.334 e. The Labute approximate surface area is 224 Å². The van der Waals surface area contributed by atoms with E-state index in [2.05, 4.69) is 77.7 Å². The molecule has 0 unspecified atom stereocenters. The van der Waals surface area contributed by atoms with Gasteiger partial charge in [0.25, 0.3) is 11.8 Å². The van der Waals surface area contributed by atoms with E-state index in [1.165, 1.54) is 5.56 Å². The lowest BCUT2D eigenvalue weighted by molar-refractivity contribution is -0.197. The van der Waals surface area contributed by atoms with Gasteiger partial charge in [-0.25, -0.2) is 4.79 Å². The van der Waals surface area contributed by atoms with Crippen LogP contribution < -0.4 is 4.90 Å². The van der Waals surface area contributed by atoms with Gasteiger partial charge in [-0.15, -0.1) is 28.6 Å². The van der Waals surface area contributed by atoms with Crippen LogP contribution in [-0.2, 0) is 25.8 Å². The number of nitrogens with zero attached hydrogens (tertiary/aromatic N) is 2. The van der Waals surface area contributed by atoms with Crippen LogP contribution in [0.2, 0.25) is 0 Å². The third-order valence-electron chi connectivity index (χ3n) is 6.24. The molecule has 2 amide bonds. The normalized spacial score (nSPS) is 14.5. The van der Waals surface area contributed by atoms with Crippen LogP contribution in [0.1, 0.15) is 36.0 Å². The molecule has 188 valence electrons. The van der Waals surface area contributed by atoms with Crippen molar-refractivity contribution < 1.29 is 19.2 Å². The zero-order valence-electron chi connectivity index (χ0n) is 20.4. The van der Waals surface area contributed by atoms with Gasteiger partial charge in [-0.2, -0.15) is 0 Å². The standard InChI is InChI=1S/C29H26N2O4S2/c1-36-29(37-18-17-27(34)35-31-25(32)15-16-26(31)33)28-21-11-5-7-13-23(21)30(19-20-9-3-2-4-10-20)24-14-8-6-12-22(24)28/h2-14H,15-19H2,1H3. The third-order valence-corrected chi connectivity index (χ3v) is 8.54. The van der Waals surface area contributed by atoms with Crippen molar-refractivity contribution >= 4 is 58.3 Å². The van der Waals surface area contributed by atoms with E-state index in [4.69, 9.17) is 4.84 Å². The summed E-state index contributed by atoms with van der Waals surface area (Å²) in [6.07, 6.45) is 2.30. The molecule has 1 fully saturated rings. The minimum absolute atomic E-state index is 0.0858. The highest BCUT2D eigenvalue weighted by atomic mass is 32.2. The topological polar surface area (TPSA) is 66.9 Å². The monoisotopic (exact) mass is 530 g/mol. The fraction of sp³-hybridized carbons (Fsp3) is 0.207. The molecule has 2 aliphatic heterocycles. The number of para-hydroxylation sites is 2. The summed E-state index contributed by atoms with van der Waals surface area (Å²) in [6, 6.07) is 27.3. The predicted molar refractivity (Wildman–Crippen MR) is 149 cm³/mol. The van der Waals surface area contributed by atoms with Crippen LogP contribution in [0.4, 0.5) is 11.4 Å². The van der Waals surface area contributed by atoms with Crippen LogP contribution in [0.15, 0.2) is 83.1 Å². The van der Waals surface area contributed by atoms with Gasteiger partial charge in [0.1, 0.15) is 0 Å². The van der Waals surface area contributed by atoms with E-state index >= 15 is 0 Å². The first-order chi connectivity index (χ1) is 18.1. The maximum Gasteiger partial charge on any atom is 0.334 e. The van der Waals surface area contributed by atoms with Crippen LogP contribution in [0.5, 0.6) is 0 Å². The Morgan fingerprint density at radius 2 is 1.41 bits per heavy atom. The second kappa shape index (κ2) is 11.3. The first-order valence-electron chi connectivity index (χ1n) is 12.0. The number of hydrogen-bond acceptors (Lipinski definition) is 7. The van der Waals surface area contributed by atoms with Crippen LogP contribution in [-0.4, -0.2) is 34.9 Å². The number of benzene rings is 3. The Kier molecular flexibility index (Phi) is 7.67. The lowest BCUT2D eigenvalue weighted by Crippen LogP contribution is -2.32. The zero-order chi connectivity index (χ0) is 25.8. The number of rotatable bonds is 8. The zero-order valence-corrected chi connectivity index (χ0v) is 22.0. The molecule has 0 saturated carbocycles. The number of amides is 2. The Morgan fingerprint density at radius 1 is 0.838 bits per heavy atom. The molecular formula is C29H26N2O4S2. The molecule has 2 aliphatic rings. The van der Waals surface area contributed by atoms with Crippen molar-refractivity contribution in [1.82, 2.24) is 5.06 Å². The minimum atomic E-state index is -0.583. The molecule has 3 aromatic rings. The summed E-state index contributed by atoms with van der Waals surface area (Å²) >= 11 is 3.23. The van der Waals surface area contributed by atoms with Gasteiger partial charge >= 0.3 is 5.97 Å². The number of anilines is 2. The number of hydroxylamine groups is 2. The van der Waals surface area contributed by atoms with E-state index in [0.717, 1.165) is 38.9 Å². The van der Waals surface area contributed by atoms with Gasteiger partial charge in [0.05, 0.1) is 6.42 Å². The highest BCUT2D eigenvalue weighted by Gasteiger charge is 2.33. The Bertz CT molecular complexity index is 1310. The van der Waals surface area contributed by atoms with Crippen molar-refractivity contribution in [3.8, 4) is 0 Å². The first kappa shape index (κ1) is 25.2. The Hall–Kier alpha value is -3.49. The molecule has 0 aliphatic carbocycles. The van der Waals surface area contributed by atoms with Gasteiger partial charge in [0.15, 0.2) is 0 Å². The molecule has 0 spiro atoms. The van der Waals surface area contributed by atoms with E-state index in [-0.39, 0.29) is 19.3 Å². The maximum absolute atomic E-state index is 12.3. The Balaban J connectivity index is 1.42. The van der Waals surface area contributed by atoms with Crippen molar-refractivity contribution in [2.24, 2.45) is 0 Å². The van der Waals surface area contributed by atoms with Crippen molar-refractivity contribution in [1.29, 1.82) is 0 Å². The molecule has 2 heterocycles. The van der Waals surface area contributed by atoms with E-state index in [1.807, 2.05) is 12.3 Å². The van der Waals surface area contributed by atoms with Crippen LogP contribution >= 0.6 is 23.5 Å². The molecular weight excluding hydrogens is 504 g/mol. The van der Waals surface area contributed by atoms with Crippen molar-refractivity contribution in [3.05, 3.63) is 99.8 Å². The number of imide groups is 1. The van der Waals surface area contributed by atoms with Crippen molar-refractivity contribution in [2.75, 3.05) is 16.9 Å². The van der Waals surface area contributed by atoms with Gasteiger partial charge in [-0.1, -0.05) is 66.7 Å². The fourth-order valence-electron chi connectivity index (χ4n) is 4.54. The van der Waals surface area contributed by atoms with Gasteiger partial charge in [-0.3, -0.25) is 9.59 Å². The molecule has 0 aromatic heterocycles. The summed E-state index contributed by atoms with van der Waals surface area (Å²) in [6.45, 7) is 0.754. The molecule has 0 N–H and O–H groups in total. The number of thioether (sulfide) groups is 2. The summed E-state index contributed by atoms with van der Waals surface area (Å²) in [4.78, 5) is 43.2. The fourth-order valence-corrected chi connectivity index (χ4v) is 6.50. The molecule has 0 atom stereocenters. The van der Waals surface area contributed by atoms with Gasteiger partial charge in [0.2, 0.25) is 0 Å². The molecule has 1 saturated heterocycles. The van der Waals surface area contributed by atoms with Crippen LogP contribution in [0, 0.1) is 0 Å². The number of carbonyl (C=O) groups is 3. The molecule has 37 heavy (non-hydrogen) atoms. The Morgan fingerprint density at radius 3 is 2.00 bits per heavy atom. The molecule has 6 nitrogen and oxygen atoms in total. The number of carbonyl (C=O) groups excluding carboxylic acids is 3. The van der Waals surface area contributed by atoms with Gasteiger partial charge in [0, 0.05) is 57.5 Å². The van der Waals surface area contributed by atoms with Crippen molar-refractivity contribution in [2.45, 2.75) is 25.8 Å².